The zero-order valence-corrected chi connectivity index (χ0v) is 9.38. The lowest BCUT2D eigenvalue weighted by Gasteiger charge is -2.23. The van der Waals surface area contributed by atoms with Crippen LogP contribution in [-0.2, 0) is 0 Å². The van der Waals surface area contributed by atoms with Crippen LogP contribution in [0.2, 0.25) is 0 Å². The summed E-state index contributed by atoms with van der Waals surface area (Å²) in [5.74, 6) is -1.14. The molecular formula is C11H15O7+. The smallest absolute Gasteiger partial charge is 0.394 e. The van der Waals surface area contributed by atoms with E-state index < -0.39 is 36.8 Å². The van der Waals surface area contributed by atoms with Crippen LogP contribution in [0.3, 0.4) is 0 Å². The van der Waals surface area contributed by atoms with Crippen LogP contribution in [0.25, 0.3) is 0 Å². The maximum absolute atomic E-state index is 11.6. The van der Waals surface area contributed by atoms with Crippen LogP contribution in [0.4, 0.5) is 0 Å². The summed E-state index contributed by atoms with van der Waals surface area (Å²) < 4.78 is 4.81. The summed E-state index contributed by atoms with van der Waals surface area (Å²) >= 11 is 0. The molecule has 0 bridgehead atoms. The van der Waals surface area contributed by atoms with E-state index in [1.54, 1.807) is 0 Å². The Morgan fingerprint density at radius 1 is 1.17 bits per heavy atom. The second-order valence-corrected chi connectivity index (χ2v) is 3.71. The Balaban J connectivity index is 2.75. The molecule has 0 aliphatic heterocycles. The number of hydrogen-bond donors (Lipinski definition) is 5. The molecule has 0 unspecified atom stereocenters. The third-order valence-corrected chi connectivity index (χ3v) is 2.40. The fourth-order valence-corrected chi connectivity index (χ4v) is 1.30. The van der Waals surface area contributed by atoms with Crippen LogP contribution < -0.4 is 0 Å². The highest BCUT2D eigenvalue weighted by Crippen LogP contribution is 2.11. The largest absolute Gasteiger partial charge is 0.397 e. The summed E-state index contributed by atoms with van der Waals surface area (Å²) in [6, 6.07) is 4.30. The molecule has 1 aromatic rings. The van der Waals surface area contributed by atoms with Gasteiger partial charge >= 0.3 is 12.0 Å². The molecule has 0 aromatic carbocycles. The van der Waals surface area contributed by atoms with Crippen LogP contribution in [0.5, 0.6) is 0 Å². The Morgan fingerprint density at radius 3 is 2.33 bits per heavy atom. The number of aliphatic hydroxyl groups is 5. The van der Waals surface area contributed by atoms with Gasteiger partial charge in [0.25, 0.3) is 5.78 Å². The average Bonchev–Trinajstić information content (AvgIpc) is 2.44. The molecule has 100 valence electrons. The molecule has 1 aromatic heterocycles. The van der Waals surface area contributed by atoms with Gasteiger partial charge in [-0.25, -0.2) is 4.42 Å². The molecule has 0 saturated carbocycles. The fourth-order valence-electron chi connectivity index (χ4n) is 1.30. The predicted octanol–water partition coefficient (Wildman–Crippen LogP) is -1.82. The number of hydrogen-bond acceptors (Lipinski definition) is 6. The van der Waals surface area contributed by atoms with Crippen molar-refractivity contribution < 1.29 is 34.7 Å². The third kappa shape index (κ3) is 3.31. The molecule has 0 spiro atoms. The highest BCUT2D eigenvalue weighted by Gasteiger charge is 2.38. The molecule has 1 rings (SSSR count). The molecule has 0 aliphatic rings. The summed E-state index contributed by atoms with van der Waals surface area (Å²) in [7, 11) is 0. The SMILES string of the molecule is O=C(c1cccc[o+]1)[C@H](O)[C@@H](O)[C@H](O)[C@H](O)CO. The van der Waals surface area contributed by atoms with E-state index in [2.05, 4.69) is 0 Å². The van der Waals surface area contributed by atoms with Gasteiger partial charge in [-0.1, -0.05) is 0 Å². The quantitative estimate of drug-likeness (QED) is 0.300. The highest BCUT2D eigenvalue weighted by molar-refractivity contribution is 5.97. The van der Waals surface area contributed by atoms with E-state index in [-0.39, 0.29) is 5.76 Å². The van der Waals surface area contributed by atoms with Gasteiger partial charge < -0.3 is 25.5 Å². The van der Waals surface area contributed by atoms with E-state index >= 15 is 0 Å². The minimum Gasteiger partial charge on any atom is -0.394 e. The lowest BCUT2D eigenvalue weighted by atomic mass is 9.99. The summed E-state index contributed by atoms with van der Waals surface area (Å²) in [6.07, 6.45) is -6.19. The molecule has 0 fully saturated rings. The summed E-state index contributed by atoms with van der Waals surface area (Å²) in [5, 5.41) is 46.1. The van der Waals surface area contributed by atoms with Crippen molar-refractivity contribution >= 4 is 5.78 Å². The molecule has 0 aliphatic carbocycles. The van der Waals surface area contributed by atoms with E-state index in [1.165, 1.54) is 24.5 Å². The Morgan fingerprint density at radius 2 is 1.83 bits per heavy atom. The van der Waals surface area contributed by atoms with Crippen LogP contribution >= 0.6 is 0 Å². The summed E-state index contributed by atoms with van der Waals surface area (Å²) in [5.41, 5.74) is 0. The van der Waals surface area contributed by atoms with Crippen LogP contribution in [0.15, 0.2) is 28.9 Å². The van der Waals surface area contributed by atoms with Crippen molar-refractivity contribution in [2.75, 3.05) is 6.61 Å². The maximum Gasteiger partial charge on any atom is 0.397 e. The van der Waals surface area contributed by atoms with Crippen molar-refractivity contribution in [3.63, 3.8) is 0 Å². The fraction of sp³-hybridized carbons (Fsp3) is 0.455. The van der Waals surface area contributed by atoms with Gasteiger partial charge in [-0.05, 0) is 6.07 Å². The molecule has 4 atom stereocenters. The van der Waals surface area contributed by atoms with Gasteiger partial charge in [0.05, 0.1) is 6.61 Å². The van der Waals surface area contributed by atoms with Crippen LogP contribution in [-0.4, -0.2) is 62.3 Å². The van der Waals surface area contributed by atoms with Gasteiger partial charge in [0.1, 0.15) is 18.3 Å². The standard InChI is InChI=1S/C11H15O7/c12-5-6(13)8(14)10(16)11(17)9(15)7-3-1-2-4-18-7/h1-4,6,8,10-14,16-17H,5H2/q+1/t6-,8-,10+,11+/m1/s1. The van der Waals surface area contributed by atoms with Gasteiger partial charge in [-0.15, -0.1) is 0 Å². The van der Waals surface area contributed by atoms with Crippen molar-refractivity contribution in [3.8, 4) is 0 Å². The number of aliphatic hydroxyl groups excluding tert-OH is 5. The first-order chi connectivity index (χ1) is 8.49. The highest BCUT2D eigenvalue weighted by atomic mass is 16.4. The van der Waals surface area contributed by atoms with Gasteiger partial charge in [-0.3, -0.25) is 4.79 Å². The van der Waals surface area contributed by atoms with E-state index in [9.17, 15) is 20.1 Å². The third-order valence-electron chi connectivity index (χ3n) is 2.40. The van der Waals surface area contributed by atoms with Gasteiger partial charge in [0.15, 0.2) is 6.10 Å². The van der Waals surface area contributed by atoms with Crippen molar-refractivity contribution in [2.24, 2.45) is 0 Å². The van der Waals surface area contributed by atoms with Crippen LogP contribution in [0.1, 0.15) is 10.6 Å². The predicted molar refractivity (Wildman–Crippen MR) is 58.6 cm³/mol. The molecule has 0 amide bonds. The molecule has 0 saturated heterocycles. The maximum atomic E-state index is 11.6. The number of ketones is 1. The van der Waals surface area contributed by atoms with Gasteiger partial charge in [0, 0.05) is 12.1 Å². The molecule has 0 radical (unpaired) electrons. The molecule has 1 heterocycles. The van der Waals surface area contributed by atoms with Gasteiger partial charge in [-0.2, -0.15) is 0 Å². The normalized spacial score (nSPS) is 17.8. The molecular weight excluding hydrogens is 244 g/mol. The Labute approximate surface area is 103 Å². The van der Waals surface area contributed by atoms with Crippen molar-refractivity contribution in [1.82, 2.24) is 0 Å². The summed E-state index contributed by atoms with van der Waals surface area (Å²) in [6.45, 7) is -0.811. The number of carbonyl (C=O) groups excluding carboxylic acids is 1. The van der Waals surface area contributed by atoms with E-state index in [1.807, 2.05) is 0 Å². The van der Waals surface area contributed by atoms with E-state index in [4.69, 9.17) is 14.6 Å². The lowest BCUT2D eigenvalue weighted by molar-refractivity contribution is -0.106. The van der Waals surface area contributed by atoms with Crippen LogP contribution in [0, 0.1) is 0 Å². The van der Waals surface area contributed by atoms with Gasteiger partial charge in [0.2, 0.25) is 0 Å². The summed E-state index contributed by atoms with van der Waals surface area (Å²) in [4.78, 5) is 11.6. The molecule has 18 heavy (non-hydrogen) atoms. The minimum atomic E-state index is -1.97. The second-order valence-electron chi connectivity index (χ2n) is 3.71. The first-order valence-corrected chi connectivity index (χ1v) is 5.23. The zero-order chi connectivity index (χ0) is 13.7. The first kappa shape index (κ1) is 14.7. The molecule has 7 nitrogen and oxygen atoms in total. The number of Topliss-reactive ketones (excluding diaryl/α,β-unsaturated/α-hetero) is 1. The molecule has 7 heteroatoms. The number of carbonyl (C=O) groups is 1. The first-order valence-electron chi connectivity index (χ1n) is 5.23. The van der Waals surface area contributed by atoms with Crippen molar-refractivity contribution in [3.05, 3.63) is 30.2 Å². The minimum absolute atomic E-state index is 0.199. The topological polar surface area (TPSA) is 130 Å². The Hall–Kier alpha value is -1.38. The van der Waals surface area contributed by atoms with Crippen molar-refractivity contribution in [1.29, 1.82) is 0 Å². The van der Waals surface area contributed by atoms with E-state index in [0.717, 1.165) is 0 Å². The van der Waals surface area contributed by atoms with Crippen molar-refractivity contribution in [2.45, 2.75) is 24.4 Å². The lowest BCUT2D eigenvalue weighted by Crippen LogP contribution is -2.48. The van der Waals surface area contributed by atoms with E-state index in [0.29, 0.717) is 0 Å². The molecule has 5 N–H and O–H groups in total. The average molecular weight is 259 g/mol. The Kier molecular flexibility index (Phi) is 5.32. The zero-order valence-electron chi connectivity index (χ0n) is 9.38. The number of rotatable bonds is 6. The second kappa shape index (κ2) is 6.53. The monoisotopic (exact) mass is 259 g/mol. The Bertz CT molecular complexity index is 380.